The highest BCUT2D eigenvalue weighted by atomic mass is 16.3. The van der Waals surface area contributed by atoms with Crippen molar-refractivity contribution >= 4 is 22.4 Å². The van der Waals surface area contributed by atoms with E-state index in [0.717, 1.165) is 24.8 Å². The normalized spacial score (nSPS) is 18.9. The van der Waals surface area contributed by atoms with E-state index in [9.17, 15) is 9.90 Å². The maximum atomic E-state index is 12.3. The van der Waals surface area contributed by atoms with Crippen molar-refractivity contribution in [2.24, 2.45) is 0 Å². The molecule has 0 spiro atoms. The summed E-state index contributed by atoms with van der Waals surface area (Å²) in [6.45, 7) is 0. The van der Waals surface area contributed by atoms with Gasteiger partial charge in [-0.25, -0.2) is 4.98 Å². The molecule has 0 amide bonds. The van der Waals surface area contributed by atoms with Crippen LogP contribution in [0.15, 0.2) is 59.8 Å². The molecule has 0 bridgehead atoms. The van der Waals surface area contributed by atoms with Gasteiger partial charge in [0.05, 0.1) is 28.7 Å². The number of benzene rings is 1. The Kier molecular flexibility index (Phi) is 4.33. The highest BCUT2D eigenvalue weighted by Gasteiger charge is 2.29. The minimum Gasteiger partial charge on any atom is -0.391 e. The van der Waals surface area contributed by atoms with Crippen molar-refractivity contribution in [3.05, 3.63) is 65.2 Å². The van der Waals surface area contributed by atoms with Gasteiger partial charge in [-0.3, -0.25) is 4.79 Å². The Balaban J connectivity index is 1.51. The number of aliphatic hydroxyl groups is 1. The Morgan fingerprint density at radius 1 is 1.14 bits per heavy atom. The van der Waals surface area contributed by atoms with Gasteiger partial charge in [-0.05, 0) is 43.5 Å². The maximum absolute atomic E-state index is 12.3. The molecule has 8 heteroatoms. The standard InChI is InChI=1S/C21H20N6O2/c28-17-8-3-7-16(17)27-12-23-26-21(27)15-6-2-9-19(25-15)24-14-5-1-4-13-20(14)18(29)10-11-22-13/h1-2,4-6,9-12,16-17,28H,3,7-8H2,(H,22,29)(H,24,25)/t16?,17-/m0/s1. The first-order chi connectivity index (χ1) is 14.2. The average Bonchev–Trinajstić information content (AvgIpc) is 3.37. The number of hydrogen-bond donors (Lipinski definition) is 3. The van der Waals surface area contributed by atoms with Crippen LogP contribution < -0.4 is 10.7 Å². The molecule has 0 saturated heterocycles. The maximum Gasteiger partial charge on any atom is 0.191 e. The molecule has 3 N–H and O–H groups in total. The Morgan fingerprint density at radius 2 is 2.03 bits per heavy atom. The zero-order valence-corrected chi connectivity index (χ0v) is 15.6. The summed E-state index contributed by atoms with van der Waals surface area (Å²) in [4.78, 5) is 20.1. The predicted molar refractivity (Wildman–Crippen MR) is 110 cm³/mol. The van der Waals surface area contributed by atoms with E-state index >= 15 is 0 Å². The summed E-state index contributed by atoms with van der Waals surface area (Å²) in [5.74, 6) is 1.22. The van der Waals surface area contributed by atoms with Crippen LogP contribution >= 0.6 is 0 Å². The lowest BCUT2D eigenvalue weighted by atomic mass is 10.1. The molecule has 3 aromatic heterocycles. The lowest BCUT2D eigenvalue weighted by Crippen LogP contribution is -2.18. The number of aromatic nitrogens is 5. The van der Waals surface area contributed by atoms with Crippen molar-refractivity contribution in [2.75, 3.05) is 5.32 Å². The van der Waals surface area contributed by atoms with E-state index in [1.807, 2.05) is 41.0 Å². The molecule has 3 heterocycles. The van der Waals surface area contributed by atoms with E-state index < -0.39 is 6.10 Å². The van der Waals surface area contributed by atoms with Crippen molar-refractivity contribution in [3.8, 4) is 11.5 Å². The number of aromatic amines is 1. The van der Waals surface area contributed by atoms with Crippen LogP contribution in [0, 0.1) is 0 Å². The number of aliphatic hydroxyl groups excluding tert-OH is 1. The smallest absolute Gasteiger partial charge is 0.191 e. The van der Waals surface area contributed by atoms with Crippen LogP contribution in [0.2, 0.25) is 0 Å². The molecular weight excluding hydrogens is 368 g/mol. The summed E-state index contributed by atoms with van der Waals surface area (Å²) in [5.41, 5.74) is 2.03. The highest BCUT2D eigenvalue weighted by Crippen LogP contribution is 2.33. The molecule has 0 radical (unpaired) electrons. The van der Waals surface area contributed by atoms with Crippen LogP contribution in [0.4, 0.5) is 11.5 Å². The minimum atomic E-state index is -0.395. The van der Waals surface area contributed by atoms with Crippen LogP contribution in [-0.4, -0.2) is 35.9 Å². The van der Waals surface area contributed by atoms with E-state index in [2.05, 4.69) is 25.5 Å². The van der Waals surface area contributed by atoms with Crippen molar-refractivity contribution in [1.82, 2.24) is 24.7 Å². The zero-order valence-electron chi connectivity index (χ0n) is 15.6. The van der Waals surface area contributed by atoms with Crippen LogP contribution in [0.5, 0.6) is 0 Å². The van der Waals surface area contributed by atoms with Gasteiger partial charge < -0.3 is 20.0 Å². The van der Waals surface area contributed by atoms with E-state index in [-0.39, 0.29) is 11.5 Å². The second-order valence-corrected chi connectivity index (χ2v) is 7.23. The third-order valence-corrected chi connectivity index (χ3v) is 5.40. The van der Waals surface area contributed by atoms with Crippen LogP contribution in [-0.2, 0) is 0 Å². The molecule has 8 nitrogen and oxygen atoms in total. The third-order valence-electron chi connectivity index (χ3n) is 5.40. The zero-order chi connectivity index (χ0) is 19.8. The number of pyridine rings is 2. The molecule has 5 rings (SSSR count). The van der Waals surface area contributed by atoms with Gasteiger partial charge in [0.25, 0.3) is 0 Å². The van der Waals surface area contributed by atoms with E-state index in [0.29, 0.717) is 28.4 Å². The van der Waals surface area contributed by atoms with Crippen molar-refractivity contribution < 1.29 is 5.11 Å². The Hall–Kier alpha value is -3.52. The number of anilines is 2. The number of fused-ring (bicyclic) bond motifs is 1. The fraction of sp³-hybridized carbons (Fsp3) is 0.238. The number of nitrogens with zero attached hydrogens (tertiary/aromatic N) is 4. The molecule has 146 valence electrons. The molecule has 1 saturated carbocycles. The highest BCUT2D eigenvalue weighted by molar-refractivity contribution is 5.92. The summed E-state index contributed by atoms with van der Waals surface area (Å²) in [6, 6.07) is 12.6. The lowest BCUT2D eigenvalue weighted by molar-refractivity contribution is 0.137. The molecule has 1 unspecified atom stereocenters. The van der Waals surface area contributed by atoms with Gasteiger partial charge in [0.1, 0.15) is 17.8 Å². The van der Waals surface area contributed by atoms with Crippen molar-refractivity contribution in [3.63, 3.8) is 0 Å². The van der Waals surface area contributed by atoms with Gasteiger partial charge in [-0.2, -0.15) is 0 Å². The molecule has 0 aliphatic heterocycles. The van der Waals surface area contributed by atoms with Gasteiger partial charge in [0, 0.05) is 12.3 Å². The molecular formula is C21H20N6O2. The fourth-order valence-electron chi connectivity index (χ4n) is 4.01. The van der Waals surface area contributed by atoms with Crippen LogP contribution in [0.3, 0.4) is 0 Å². The predicted octanol–water partition coefficient (Wildman–Crippen LogP) is 3.01. The lowest BCUT2D eigenvalue weighted by Gasteiger charge is -2.18. The molecule has 1 aromatic carbocycles. The van der Waals surface area contributed by atoms with E-state index in [1.165, 1.54) is 6.07 Å². The second-order valence-electron chi connectivity index (χ2n) is 7.23. The van der Waals surface area contributed by atoms with Gasteiger partial charge in [-0.15, -0.1) is 10.2 Å². The number of H-pyrrole nitrogens is 1. The number of nitrogens with one attached hydrogen (secondary N) is 2. The van der Waals surface area contributed by atoms with Gasteiger partial charge in [0.2, 0.25) is 0 Å². The number of rotatable bonds is 4. The fourth-order valence-corrected chi connectivity index (χ4v) is 4.01. The summed E-state index contributed by atoms with van der Waals surface area (Å²) in [7, 11) is 0. The Labute approximate surface area is 166 Å². The summed E-state index contributed by atoms with van der Waals surface area (Å²) in [6.07, 6.45) is 5.55. The second kappa shape index (κ2) is 7.14. The van der Waals surface area contributed by atoms with Crippen molar-refractivity contribution in [1.29, 1.82) is 0 Å². The Morgan fingerprint density at radius 3 is 2.90 bits per heavy atom. The first-order valence-corrected chi connectivity index (χ1v) is 9.63. The topological polar surface area (TPSA) is 109 Å². The van der Waals surface area contributed by atoms with E-state index in [1.54, 1.807) is 12.5 Å². The van der Waals surface area contributed by atoms with Crippen LogP contribution in [0.1, 0.15) is 25.3 Å². The van der Waals surface area contributed by atoms with Gasteiger partial charge >= 0.3 is 0 Å². The molecule has 2 atom stereocenters. The first-order valence-electron chi connectivity index (χ1n) is 9.63. The summed E-state index contributed by atoms with van der Waals surface area (Å²) >= 11 is 0. The largest absolute Gasteiger partial charge is 0.391 e. The first kappa shape index (κ1) is 17.6. The number of hydrogen-bond acceptors (Lipinski definition) is 6. The third kappa shape index (κ3) is 3.17. The molecule has 1 aliphatic carbocycles. The molecule has 4 aromatic rings. The summed E-state index contributed by atoms with van der Waals surface area (Å²) in [5, 5.41) is 22.4. The quantitative estimate of drug-likeness (QED) is 0.496. The van der Waals surface area contributed by atoms with Crippen molar-refractivity contribution in [2.45, 2.75) is 31.4 Å². The SMILES string of the molecule is O=c1cc[nH]c2cccc(Nc3cccc(-c4nncn4C4CCC[C@@H]4O)n3)c12. The molecule has 29 heavy (non-hydrogen) atoms. The van der Waals surface area contributed by atoms with Gasteiger partial charge in [0.15, 0.2) is 11.3 Å². The van der Waals surface area contributed by atoms with Crippen LogP contribution in [0.25, 0.3) is 22.4 Å². The molecule has 1 aliphatic rings. The molecule has 1 fully saturated rings. The average molecular weight is 388 g/mol. The van der Waals surface area contributed by atoms with E-state index in [4.69, 9.17) is 0 Å². The minimum absolute atomic E-state index is 0.0324. The monoisotopic (exact) mass is 388 g/mol. The summed E-state index contributed by atoms with van der Waals surface area (Å²) < 4.78 is 1.91. The van der Waals surface area contributed by atoms with Gasteiger partial charge in [-0.1, -0.05) is 12.1 Å². The Bertz CT molecular complexity index is 1230.